The number of nitrogens with zero attached hydrogens (tertiary/aromatic N) is 3. The molecule has 1 rings (SSSR count). The molecule has 102 valence electrons. The SMILES string of the molecule is CC1=C(C#N)C(=O)N(CC(C)C)C(=O)C1=CN(C)C. The Balaban J connectivity index is 3.35. The second kappa shape index (κ2) is 5.70. The molecule has 0 N–H and O–H groups in total. The number of hydrogen-bond donors (Lipinski definition) is 0. The lowest BCUT2D eigenvalue weighted by molar-refractivity contribution is -0.141. The fourth-order valence-corrected chi connectivity index (χ4v) is 1.90. The van der Waals surface area contributed by atoms with Crippen molar-refractivity contribution in [2.24, 2.45) is 5.92 Å². The summed E-state index contributed by atoms with van der Waals surface area (Å²) in [7, 11) is 3.59. The molecule has 0 spiro atoms. The Morgan fingerprint density at radius 1 is 1.32 bits per heavy atom. The predicted octanol–water partition coefficient (Wildman–Crippen LogP) is 1.30. The molecule has 0 aromatic carbocycles. The van der Waals surface area contributed by atoms with Crippen LogP contribution in [0.2, 0.25) is 0 Å². The van der Waals surface area contributed by atoms with Gasteiger partial charge in [0, 0.05) is 26.8 Å². The molecular weight excluding hydrogens is 242 g/mol. The van der Waals surface area contributed by atoms with Crippen molar-refractivity contribution in [3.63, 3.8) is 0 Å². The van der Waals surface area contributed by atoms with Gasteiger partial charge in [-0.2, -0.15) is 5.26 Å². The molecule has 0 aromatic heterocycles. The Kier molecular flexibility index (Phi) is 4.49. The predicted molar refractivity (Wildman–Crippen MR) is 71.6 cm³/mol. The van der Waals surface area contributed by atoms with Crippen LogP contribution in [0.25, 0.3) is 0 Å². The van der Waals surface area contributed by atoms with Gasteiger partial charge in [-0.25, -0.2) is 0 Å². The molecule has 5 nitrogen and oxygen atoms in total. The molecule has 2 amide bonds. The Labute approximate surface area is 113 Å². The van der Waals surface area contributed by atoms with Crippen LogP contribution >= 0.6 is 0 Å². The van der Waals surface area contributed by atoms with Crippen molar-refractivity contribution in [2.45, 2.75) is 20.8 Å². The normalized spacial score (nSPS) is 18.4. The number of carbonyl (C=O) groups is 2. The van der Waals surface area contributed by atoms with Gasteiger partial charge in [-0.15, -0.1) is 0 Å². The van der Waals surface area contributed by atoms with Crippen molar-refractivity contribution in [3.05, 3.63) is 22.9 Å². The van der Waals surface area contributed by atoms with Crippen molar-refractivity contribution in [3.8, 4) is 6.07 Å². The Bertz CT molecular complexity index is 507. The van der Waals surface area contributed by atoms with Gasteiger partial charge in [0.05, 0.1) is 5.57 Å². The summed E-state index contributed by atoms with van der Waals surface area (Å²) < 4.78 is 0. The Morgan fingerprint density at radius 2 is 1.89 bits per heavy atom. The average Bonchev–Trinajstić information content (AvgIpc) is 2.30. The summed E-state index contributed by atoms with van der Waals surface area (Å²) in [4.78, 5) is 27.4. The van der Waals surface area contributed by atoms with Gasteiger partial charge < -0.3 is 4.90 Å². The minimum atomic E-state index is -0.491. The topological polar surface area (TPSA) is 64.4 Å². The van der Waals surface area contributed by atoms with Crippen molar-refractivity contribution in [1.29, 1.82) is 5.26 Å². The highest BCUT2D eigenvalue weighted by Gasteiger charge is 2.35. The van der Waals surface area contributed by atoms with Gasteiger partial charge in [0.1, 0.15) is 11.6 Å². The van der Waals surface area contributed by atoms with Crippen LogP contribution in [0, 0.1) is 17.2 Å². The first-order chi connectivity index (χ1) is 8.79. The third-order valence-corrected chi connectivity index (χ3v) is 2.76. The largest absolute Gasteiger partial charge is 0.383 e. The number of carbonyl (C=O) groups excluding carboxylic acids is 2. The first-order valence-electron chi connectivity index (χ1n) is 6.15. The zero-order chi connectivity index (χ0) is 14.7. The first-order valence-corrected chi connectivity index (χ1v) is 6.15. The Hall–Kier alpha value is -2.09. The van der Waals surface area contributed by atoms with Crippen LogP contribution < -0.4 is 0 Å². The van der Waals surface area contributed by atoms with Crippen LogP contribution in [0.1, 0.15) is 20.8 Å². The van der Waals surface area contributed by atoms with Crippen LogP contribution in [0.4, 0.5) is 0 Å². The second-order valence-electron chi connectivity index (χ2n) is 5.23. The highest BCUT2D eigenvalue weighted by Crippen LogP contribution is 2.25. The number of amides is 2. The smallest absolute Gasteiger partial charge is 0.271 e. The second-order valence-corrected chi connectivity index (χ2v) is 5.23. The van der Waals surface area contributed by atoms with E-state index in [-0.39, 0.29) is 17.4 Å². The molecule has 0 unspecified atom stereocenters. The molecule has 1 heterocycles. The summed E-state index contributed by atoms with van der Waals surface area (Å²) in [5, 5.41) is 9.11. The molecule has 5 heteroatoms. The first kappa shape index (κ1) is 15.0. The van der Waals surface area contributed by atoms with Gasteiger partial charge in [-0.1, -0.05) is 13.8 Å². The van der Waals surface area contributed by atoms with Crippen LogP contribution in [0.15, 0.2) is 22.9 Å². The molecule has 0 radical (unpaired) electrons. The van der Waals surface area contributed by atoms with E-state index in [0.717, 1.165) is 4.90 Å². The summed E-state index contributed by atoms with van der Waals surface area (Å²) in [6.45, 7) is 5.80. The molecule has 1 aliphatic rings. The summed E-state index contributed by atoms with van der Waals surface area (Å²) in [5.41, 5.74) is 0.904. The van der Waals surface area contributed by atoms with E-state index in [1.165, 1.54) is 0 Å². The molecule has 0 saturated heterocycles. The third kappa shape index (κ3) is 3.02. The fourth-order valence-electron chi connectivity index (χ4n) is 1.90. The van der Waals surface area contributed by atoms with Crippen LogP contribution in [0.5, 0.6) is 0 Å². The molecule has 0 bridgehead atoms. The maximum Gasteiger partial charge on any atom is 0.271 e. The van der Waals surface area contributed by atoms with Crippen molar-refractivity contribution in [2.75, 3.05) is 20.6 Å². The summed E-state index contributed by atoms with van der Waals surface area (Å²) in [5.74, 6) is -0.662. The molecule has 0 atom stereocenters. The summed E-state index contributed by atoms with van der Waals surface area (Å²) in [6, 6.07) is 1.91. The van der Waals surface area contributed by atoms with Crippen molar-refractivity contribution in [1.82, 2.24) is 9.80 Å². The van der Waals surface area contributed by atoms with Crippen molar-refractivity contribution < 1.29 is 9.59 Å². The third-order valence-electron chi connectivity index (χ3n) is 2.76. The molecule has 0 fully saturated rings. The number of hydrogen-bond acceptors (Lipinski definition) is 4. The van der Waals surface area contributed by atoms with E-state index in [1.54, 1.807) is 32.1 Å². The molecule has 0 aliphatic carbocycles. The zero-order valence-corrected chi connectivity index (χ0v) is 12.0. The van der Waals surface area contributed by atoms with E-state index in [1.807, 2.05) is 19.9 Å². The number of imide groups is 1. The van der Waals surface area contributed by atoms with E-state index < -0.39 is 5.91 Å². The average molecular weight is 261 g/mol. The zero-order valence-electron chi connectivity index (χ0n) is 12.0. The number of nitriles is 1. The lowest BCUT2D eigenvalue weighted by Crippen LogP contribution is -2.44. The van der Waals surface area contributed by atoms with Crippen LogP contribution in [-0.2, 0) is 9.59 Å². The highest BCUT2D eigenvalue weighted by atomic mass is 16.2. The lowest BCUT2D eigenvalue weighted by atomic mass is 9.95. The van der Waals surface area contributed by atoms with E-state index >= 15 is 0 Å². The van der Waals surface area contributed by atoms with Gasteiger partial charge in [-0.3, -0.25) is 14.5 Å². The van der Waals surface area contributed by atoms with Crippen LogP contribution in [-0.4, -0.2) is 42.3 Å². The standard InChI is InChI=1S/C14H19N3O2/c1-9(2)7-17-13(18)11(6-15)10(3)12(14(17)19)8-16(4)5/h8-9H,7H2,1-5H3. The van der Waals surface area contributed by atoms with Gasteiger partial charge in [-0.05, 0) is 18.4 Å². The maximum atomic E-state index is 12.3. The minimum absolute atomic E-state index is 0.0494. The highest BCUT2D eigenvalue weighted by molar-refractivity contribution is 6.18. The maximum absolute atomic E-state index is 12.3. The van der Waals surface area contributed by atoms with E-state index in [0.29, 0.717) is 17.7 Å². The van der Waals surface area contributed by atoms with Gasteiger partial charge in [0.15, 0.2) is 0 Å². The number of rotatable bonds is 3. The summed E-state index contributed by atoms with van der Waals surface area (Å²) in [6.07, 6.45) is 1.65. The monoisotopic (exact) mass is 261 g/mol. The molecular formula is C14H19N3O2. The van der Waals surface area contributed by atoms with Crippen LogP contribution in [0.3, 0.4) is 0 Å². The van der Waals surface area contributed by atoms with Gasteiger partial charge >= 0.3 is 0 Å². The van der Waals surface area contributed by atoms with Crippen molar-refractivity contribution >= 4 is 11.8 Å². The summed E-state index contributed by atoms with van der Waals surface area (Å²) >= 11 is 0. The van der Waals surface area contributed by atoms with Gasteiger partial charge in [0.2, 0.25) is 0 Å². The van der Waals surface area contributed by atoms with Gasteiger partial charge in [0.25, 0.3) is 11.8 Å². The Morgan fingerprint density at radius 3 is 2.32 bits per heavy atom. The van der Waals surface area contributed by atoms with E-state index in [4.69, 9.17) is 5.26 Å². The quantitative estimate of drug-likeness (QED) is 0.567. The fraction of sp³-hybridized carbons (Fsp3) is 0.500. The van der Waals surface area contributed by atoms with E-state index in [2.05, 4.69) is 0 Å². The lowest BCUT2D eigenvalue weighted by Gasteiger charge is -2.29. The molecule has 0 aromatic rings. The minimum Gasteiger partial charge on any atom is -0.383 e. The van der Waals surface area contributed by atoms with E-state index in [9.17, 15) is 9.59 Å². The molecule has 19 heavy (non-hydrogen) atoms. The molecule has 1 aliphatic heterocycles. The molecule has 0 saturated carbocycles.